The molecule has 1 aromatic heterocycles. The topological polar surface area (TPSA) is 46.3 Å². The van der Waals surface area contributed by atoms with Crippen molar-refractivity contribution < 1.29 is 9.52 Å². The van der Waals surface area contributed by atoms with Crippen LogP contribution in [0.25, 0.3) is 11.5 Å². The maximum absolute atomic E-state index is 9.05. The Hall–Kier alpha value is -1.61. The summed E-state index contributed by atoms with van der Waals surface area (Å²) in [5, 5.41) is 9.05. The van der Waals surface area contributed by atoms with E-state index < -0.39 is 0 Å². The Kier molecular flexibility index (Phi) is 3.06. The van der Waals surface area contributed by atoms with Crippen LogP contribution in [0.5, 0.6) is 0 Å². The molecule has 0 aliphatic heterocycles. The summed E-state index contributed by atoms with van der Waals surface area (Å²) in [6.07, 6.45) is 1.64. The van der Waals surface area contributed by atoms with Crippen LogP contribution in [0.1, 0.15) is 24.1 Å². The lowest BCUT2D eigenvalue weighted by atomic mass is 10.0. The number of benzene rings is 1. The fourth-order valence-corrected chi connectivity index (χ4v) is 1.55. The van der Waals surface area contributed by atoms with Crippen LogP contribution in [0.4, 0.5) is 0 Å². The van der Waals surface area contributed by atoms with E-state index in [1.54, 1.807) is 6.26 Å². The first-order chi connectivity index (χ1) is 7.70. The van der Waals surface area contributed by atoms with E-state index in [1.165, 1.54) is 0 Å². The molecule has 0 fully saturated rings. The highest BCUT2D eigenvalue weighted by atomic mass is 16.3. The van der Waals surface area contributed by atoms with Crippen molar-refractivity contribution in [2.75, 3.05) is 6.61 Å². The summed E-state index contributed by atoms with van der Waals surface area (Å²) in [5.74, 6) is 0.807. The monoisotopic (exact) mass is 217 g/mol. The van der Waals surface area contributed by atoms with Gasteiger partial charge in [-0.2, -0.15) is 0 Å². The van der Waals surface area contributed by atoms with E-state index in [2.05, 4.69) is 4.98 Å². The van der Waals surface area contributed by atoms with Crippen molar-refractivity contribution in [3.63, 3.8) is 0 Å². The second kappa shape index (κ2) is 4.49. The first-order valence-electron chi connectivity index (χ1n) is 5.34. The predicted molar refractivity (Wildman–Crippen MR) is 62.2 cm³/mol. The molecule has 3 heteroatoms. The summed E-state index contributed by atoms with van der Waals surface area (Å²) in [6.45, 7) is 4.05. The smallest absolute Gasteiger partial charge is 0.226 e. The van der Waals surface area contributed by atoms with Crippen LogP contribution in [0.3, 0.4) is 0 Å². The van der Waals surface area contributed by atoms with Gasteiger partial charge in [0.05, 0.1) is 5.69 Å². The van der Waals surface area contributed by atoms with E-state index in [4.69, 9.17) is 9.52 Å². The van der Waals surface area contributed by atoms with Crippen LogP contribution >= 0.6 is 0 Å². The van der Waals surface area contributed by atoms with Gasteiger partial charge in [0, 0.05) is 18.1 Å². The molecule has 0 bridgehead atoms. The van der Waals surface area contributed by atoms with Crippen molar-refractivity contribution in [3.05, 3.63) is 41.8 Å². The van der Waals surface area contributed by atoms with Gasteiger partial charge in [-0.25, -0.2) is 4.98 Å². The molecular weight excluding hydrogens is 202 g/mol. The summed E-state index contributed by atoms with van der Waals surface area (Å²) >= 11 is 0. The van der Waals surface area contributed by atoms with Gasteiger partial charge in [-0.05, 0) is 24.6 Å². The lowest BCUT2D eigenvalue weighted by Crippen LogP contribution is -1.98. The lowest BCUT2D eigenvalue weighted by Gasteiger charge is -2.07. The fraction of sp³-hybridized carbons (Fsp3) is 0.308. The molecule has 0 spiro atoms. The van der Waals surface area contributed by atoms with Crippen molar-refractivity contribution >= 4 is 0 Å². The number of oxazole rings is 1. The van der Waals surface area contributed by atoms with Gasteiger partial charge >= 0.3 is 0 Å². The van der Waals surface area contributed by atoms with Gasteiger partial charge in [-0.1, -0.05) is 19.1 Å². The van der Waals surface area contributed by atoms with Crippen molar-refractivity contribution in [1.82, 2.24) is 4.98 Å². The first-order valence-corrected chi connectivity index (χ1v) is 5.34. The summed E-state index contributed by atoms with van der Waals surface area (Å²) in [4.78, 5) is 4.26. The summed E-state index contributed by atoms with van der Waals surface area (Å²) < 4.78 is 5.32. The average molecular weight is 217 g/mol. The van der Waals surface area contributed by atoms with Crippen LogP contribution in [-0.4, -0.2) is 16.7 Å². The number of aliphatic hydroxyl groups excluding tert-OH is 1. The Labute approximate surface area is 94.8 Å². The molecule has 2 aromatic rings. The highest BCUT2D eigenvalue weighted by Crippen LogP contribution is 2.21. The zero-order valence-corrected chi connectivity index (χ0v) is 9.47. The minimum Gasteiger partial charge on any atom is -0.444 e. The number of hydrogen-bond acceptors (Lipinski definition) is 3. The summed E-state index contributed by atoms with van der Waals surface area (Å²) in [7, 11) is 0. The third-order valence-electron chi connectivity index (χ3n) is 2.62. The number of rotatable bonds is 3. The highest BCUT2D eigenvalue weighted by molar-refractivity contribution is 5.53. The SMILES string of the molecule is Cc1coc(-c2ccc(C(C)CO)cc2)n1. The Bertz CT molecular complexity index is 459. The van der Waals surface area contributed by atoms with E-state index in [0.717, 1.165) is 16.8 Å². The van der Waals surface area contributed by atoms with Gasteiger partial charge in [0.1, 0.15) is 6.26 Å². The molecule has 0 aliphatic carbocycles. The second-order valence-electron chi connectivity index (χ2n) is 4.00. The number of nitrogens with zero attached hydrogens (tertiary/aromatic N) is 1. The van der Waals surface area contributed by atoms with Crippen LogP contribution in [0.2, 0.25) is 0 Å². The van der Waals surface area contributed by atoms with Gasteiger partial charge < -0.3 is 9.52 Å². The van der Waals surface area contributed by atoms with Gasteiger partial charge in [0.25, 0.3) is 0 Å². The highest BCUT2D eigenvalue weighted by Gasteiger charge is 2.07. The Morgan fingerprint density at radius 3 is 2.50 bits per heavy atom. The van der Waals surface area contributed by atoms with Crippen molar-refractivity contribution in [3.8, 4) is 11.5 Å². The molecular formula is C13H15NO2. The maximum Gasteiger partial charge on any atom is 0.226 e. The van der Waals surface area contributed by atoms with Crippen molar-refractivity contribution in [2.24, 2.45) is 0 Å². The summed E-state index contributed by atoms with van der Waals surface area (Å²) in [6, 6.07) is 7.92. The molecule has 1 unspecified atom stereocenters. The quantitative estimate of drug-likeness (QED) is 0.859. The van der Waals surface area contributed by atoms with Crippen molar-refractivity contribution in [1.29, 1.82) is 0 Å². The second-order valence-corrected chi connectivity index (χ2v) is 4.00. The minimum atomic E-state index is 0.164. The lowest BCUT2D eigenvalue weighted by molar-refractivity contribution is 0.273. The van der Waals surface area contributed by atoms with Crippen LogP contribution in [0, 0.1) is 6.92 Å². The van der Waals surface area contributed by atoms with E-state index in [0.29, 0.717) is 5.89 Å². The Morgan fingerprint density at radius 1 is 1.31 bits per heavy atom. The fourth-order valence-electron chi connectivity index (χ4n) is 1.55. The van der Waals surface area contributed by atoms with Gasteiger partial charge in [0.2, 0.25) is 5.89 Å². The first kappa shape index (κ1) is 10.9. The van der Waals surface area contributed by atoms with Crippen LogP contribution in [0.15, 0.2) is 34.9 Å². The molecule has 1 N–H and O–H groups in total. The number of aliphatic hydroxyl groups is 1. The third-order valence-corrected chi connectivity index (χ3v) is 2.62. The molecule has 0 radical (unpaired) electrons. The van der Waals surface area contributed by atoms with Gasteiger partial charge in [0.15, 0.2) is 0 Å². The average Bonchev–Trinajstić information content (AvgIpc) is 2.75. The largest absolute Gasteiger partial charge is 0.444 e. The molecule has 2 rings (SSSR count). The van der Waals surface area contributed by atoms with Crippen LogP contribution < -0.4 is 0 Å². The molecule has 16 heavy (non-hydrogen) atoms. The maximum atomic E-state index is 9.05. The predicted octanol–water partition coefficient (Wildman–Crippen LogP) is 2.75. The van der Waals surface area contributed by atoms with Crippen molar-refractivity contribution in [2.45, 2.75) is 19.8 Å². The zero-order chi connectivity index (χ0) is 11.5. The van der Waals surface area contributed by atoms with E-state index in [1.807, 2.05) is 38.1 Å². The van der Waals surface area contributed by atoms with E-state index >= 15 is 0 Å². The van der Waals surface area contributed by atoms with E-state index in [9.17, 15) is 0 Å². The molecule has 3 nitrogen and oxygen atoms in total. The van der Waals surface area contributed by atoms with Gasteiger partial charge in [-0.15, -0.1) is 0 Å². The number of aryl methyl sites for hydroxylation is 1. The molecule has 0 saturated heterocycles. The molecule has 1 heterocycles. The molecule has 0 saturated carbocycles. The van der Waals surface area contributed by atoms with Crippen LogP contribution in [-0.2, 0) is 0 Å². The Balaban J connectivity index is 2.25. The molecule has 1 atom stereocenters. The minimum absolute atomic E-state index is 0.164. The number of aromatic nitrogens is 1. The third kappa shape index (κ3) is 2.14. The normalized spacial score (nSPS) is 12.7. The zero-order valence-electron chi connectivity index (χ0n) is 9.47. The standard InChI is InChI=1S/C13H15NO2/c1-9(7-15)11-3-5-12(6-4-11)13-14-10(2)8-16-13/h3-6,8-9,15H,7H2,1-2H3. The Morgan fingerprint density at radius 2 is 2.00 bits per heavy atom. The van der Waals surface area contributed by atoms with Gasteiger partial charge in [-0.3, -0.25) is 0 Å². The molecule has 0 aliphatic rings. The number of hydrogen-bond donors (Lipinski definition) is 1. The summed E-state index contributed by atoms with van der Waals surface area (Å²) in [5.41, 5.74) is 2.96. The molecule has 1 aromatic carbocycles. The molecule has 84 valence electrons. The molecule has 0 amide bonds. The van der Waals surface area contributed by atoms with E-state index in [-0.39, 0.29) is 12.5 Å².